The first-order valence-electron chi connectivity index (χ1n) is 7.15. The zero-order valence-corrected chi connectivity index (χ0v) is 14.4. The van der Waals surface area contributed by atoms with E-state index >= 15 is 0 Å². The number of benzene rings is 1. The Labute approximate surface area is 142 Å². The second-order valence-corrected chi connectivity index (χ2v) is 5.86. The lowest BCUT2D eigenvalue weighted by atomic mass is 10.00. The average molecular weight is 345 g/mol. The van der Waals surface area contributed by atoms with Crippen molar-refractivity contribution in [3.8, 4) is 17.2 Å². The summed E-state index contributed by atoms with van der Waals surface area (Å²) in [4.78, 5) is 0. The third-order valence-corrected chi connectivity index (χ3v) is 3.48. The van der Waals surface area contributed by atoms with E-state index in [9.17, 15) is 0 Å². The lowest BCUT2D eigenvalue weighted by Crippen LogP contribution is -2.12. The van der Waals surface area contributed by atoms with Crippen LogP contribution in [0.15, 0.2) is 34.9 Å². The molecular weight excluding hydrogens is 323 g/mol. The highest BCUT2D eigenvalue weighted by Gasteiger charge is 2.26. The van der Waals surface area contributed by atoms with Gasteiger partial charge in [-0.1, -0.05) is 44.2 Å². The monoisotopic (exact) mass is 344 g/mol. The molecule has 1 atom stereocenters. The van der Waals surface area contributed by atoms with Gasteiger partial charge in [-0.05, 0) is 17.5 Å². The largest absolute Gasteiger partial charge is 0.474 e. The fourth-order valence-electron chi connectivity index (χ4n) is 2.15. The predicted molar refractivity (Wildman–Crippen MR) is 91.8 cm³/mol. The van der Waals surface area contributed by atoms with Crippen LogP contribution in [0.5, 0.6) is 5.88 Å². The van der Waals surface area contributed by atoms with Crippen molar-refractivity contribution in [3.05, 3.63) is 35.9 Å². The van der Waals surface area contributed by atoms with E-state index in [1.54, 1.807) is 0 Å². The smallest absolute Gasteiger partial charge is 0.259 e. The van der Waals surface area contributed by atoms with Gasteiger partial charge in [-0.2, -0.15) is 0 Å². The summed E-state index contributed by atoms with van der Waals surface area (Å²) in [5.41, 5.74) is 7.24. The van der Waals surface area contributed by atoms with E-state index in [1.165, 1.54) is 0 Å². The summed E-state index contributed by atoms with van der Waals surface area (Å²) < 4.78 is 11.1. The first-order valence-corrected chi connectivity index (χ1v) is 7.59. The van der Waals surface area contributed by atoms with Gasteiger partial charge in [-0.3, -0.25) is 0 Å². The quantitative estimate of drug-likeness (QED) is 0.754. The molecule has 2 rings (SSSR count). The van der Waals surface area contributed by atoms with Gasteiger partial charge in [-0.25, -0.2) is 0 Å². The number of alkyl halides is 1. The molecule has 6 heteroatoms. The zero-order valence-electron chi connectivity index (χ0n) is 12.8. The van der Waals surface area contributed by atoms with E-state index in [2.05, 4.69) is 19.0 Å². The molecule has 2 aromatic rings. The number of nitrogens with two attached hydrogens (primary N) is 1. The van der Waals surface area contributed by atoms with Crippen molar-refractivity contribution in [2.75, 3.05) is 13.2 Å². The molecule has 0 bridgehead atoms. The lowest BCUT2D eigenvalue weighted by Gasteiger charge is -2.13. The van der Waals surface area contributed by atoms with Crippen LogP contribution in [-0.2, 0) is 0 Å². The average Bonchev–Trinajstić information content (AvgIpc) is 2.89. The Kier molecular flexibility index (Phi) is 7.73. The van der Waals surface area contributed by atoms with Crippen LogP contribution in [-0.4, -0.2) is 18.3 Å². The molecule has 1 unspecified atom stereocenters. The maximum Gasteiger partial charge on any atom is 0.259 e. The number of ether oxygens (including phenoxy) is 1. The lowest BCUT2D eigenvalue weighted by molar-refractivity contribution is 0.286. The molecule has 1 aromatic carbocycles. The van der Waals surface area contributed by atoms with Crippen molar-refractivity contribution in [2.24, 2.45) is 11.7 Å². The Morgan fingerprint density at radius 1 is 1.27 bits per heavy atom. The molecule has 4 nitrogen and oxygen atoms in total. The van der Waals surface area contributed by atoms with Gasteiger partial charge in [0, 0.05) is 12.1 Å². The Balaban J connectivity index is 0.00000242. The van der Waals surface area contributed by atoms with Gasteiger partial charge < -0.3 is 15.0 Å². The Morgan fingerprint density at radius 3 is 2.55 bits per heavy atom. The number of halogens is 2. The molecule has 122 valence electrons. The summed E-state index contributed by atoms with van der Waals surface area (Å²) in [6, 6.07) is 9.80. The molecular formula is C16H22Cl2N2O2. The van der Waals surface area contributed by atoms with Crippen LogP contribution in [0.25, 0.3) is 11.3 Å². The molecule has 22 heavy (non-hydrogen) atoms. The highest BCUT2D eigenvalue weighted by atomic mass is 35.5. The van der Waals surface area contributed by atoms with Gasteiger partial charge in [0.1, 0.15) is 6.61 Å². The van der Waals surface area contributed by atoms with Crippen LogP contribution >= 0.6 is 24.0 Å². The van der Waals surface area contributed by atoms with E-state index < -0.39 is 0 Å². The molecule has 0 amide bonds. The standard InChI is InChI=1S/C16H21ClN2O2.ClH/c1-11(2)10-13(17)14-15(12-6-4-3-5-7-12)21-19-16(14)20-9-8-18;/h3-7,11,13H,8-10,18H2,1-2H3;1H. The molecule has 2 N–H and O–H groups in total. The van der Waals surface area contributed by atoms with Crippen molar-refractivity contribution >= 4 is 24.0 Å². The minimum Gasteiger partial charge on any atom is -0.474 e. The summed E-state index contributed by atoms with van der Waals surface area (Å²) in [6.45, 7) is 5.07. The van der Waals surface area contributed by atoms with Gasteiger partial charge in [-0.15, -0.1) is 24.0 Å². The first kappa shape index (κ1) is 18.8. The highest BCUT2D eigenvalue weighted by Crippen LogP contribution is 2.41. The summed E-state index contributed by atoms with van der Waals surface area (Å²) in [6.07, 6.45) is 0.821. The van der Waals surface area contributed by atoms with Gasteiger partial charge in [0.25, 0.3) is 5.88 Å². The molecule has 0 spiro atoms. The molecule has 0 fully saturated rings. The van der Waals surface area contributed by atoms with Crippen molar-refractivity contribution in [1.29, 1.82) is 0 Å². The fourth-order valence-corrected chi connectivity index (χ4v) is 2.70. The van der Waals surface area contributed by atoms with Gasteiger partial charge >= 0.3 is 0 Å². The fraction of sp³-hybridized carbons (Fsp3) is 0.438. The third kappa shape index (κ3) is 4.63. The molecule has 0 aliphatic heterocycles. The van der Waals surface area contributed by atoms with Crippen LogP contribution in [0.4, 0.5) is 0 Å². The summed E-state index contributed by atoms with van der Waals surface area (Å²) >= 11 is 6.57. The summed E-state index contributed by atoms with van der Waals surface area (Å²) in [7, 11) is 0. The Morgan fingerprint density at radius 2 is 1.95 bits per heavy atom. The van der Waals surface area contributed by atoms with E-state index in [1.807, 2.05) is 30.3 Å². The van der Waals surface area contributed by atoms with Crippen molar-refractivity contribution < 1.29 is 9.26 Å². The van der Waals surface area contributed by atoms with Crippen LogP contribution in [0.2, 0.25) is 0 Å². The molecule has 0 radical (unpaired) electrons. The number of hydrogen-bond acceptors (Lipinski definition) is 4. The second-order valence-electron chi connectivity index (χ2n) is 5.33. The molecule has 0 saturated carbocycles. The molecule has 1 heterocycles. The predicted octanol–water partition coefficient (Wildman–Crippen LogP) is 4.43. The second kappa shape index (κ2) is 9.03. The van der Waals surface area contributed by atoms with Crippen LogP contribution in [0, 0.1) is 5.92 Å². The molecule has 0 saturated heterocycles. The Hall–Kier alpha value is -1.23. The molecule has 0 aliphatic rings. The van der Waals surface area contributed by atoms with E-state index in [4.69, 9.17) is 26.6 Å². The maximum atomic E-state index is 6.57. The van der Waals surface area contributed by atoms with Gasteiger partial charge in [0.15, 0.2) is 5.76 Å². The van der Waals surface area contributed by atoms with Crippen LogP contribution in [0.3, 0.4) is 0 Å². The highest BCUT2D eigenvalue weighted by molar-refractivity contribution is 6.21. The van der Waals surface area contributed by atoms with E-state index in [-0.39, 0.29) is 17.8 Å². The van der Waals surface area contributed by atoms with Gasteiger partial charge in [0.2, 0.25) is 0 Å². The molecule has 0 aliphatic carbocycles. The van der Waals surface area contributed by atoms with E-state index in [0.29, 0.717) is 30.7 Å². The maximum absolute atomic E-state index is 6.57. The number of aromatic nitrogens is 1. The first-order chi connectivity index (χ1) is 10.1. The van der Waals surface area contributed by atoms with Crippen LogP contribution < -0.4 is 10.5 Å². The topological polar surface area (TPSA) is 61.3 Å². The normalized spacial score (nSPS) is 12.0. The number of nitrogens with zero attached hydrogens (tertiary/aromatic N) is 1. The minimum atomic E-state index is -0.209. The zero-order chi connectivity index (χ0) is 15.2. The van der Waals surface area contributed by atoms with Gasteiger partial charge in [0.05, 0.1) is 10.9 Å². The minimum absolute atomic E-state index is 0. The molecule has 1 aromatic heterocycles. The summed E-state index contributed by atoms with van der Waals surface area (Å²) in [5.74, 6) is 1.58. The van der Waals surface area contributed by atoms with E-state index in [0.717, 1.165) is 17.5 Å². The van der Waals surface area contributed by atoms with Crippen LogP contribution in [0.1, 0.15) is 31.2 Å². The third-order valence-electron chi connectivity index (χ3n) is 3.08. The van der Waals surface area contributed by atoms with Crippen molar-refractivity contribution in [3.63, 3.8) is 0 Å². The van der Waals surface area contributed by atoms with Crippen molar-refractivity contribution in [2.45, 2.75) is 25.6 Å². The van der Waals surface area contributed by atoms with Crippen molar-refractivity contribution in [1.82, 2.24) is 5.16 Å². The number of rotatable bonds is 7. The Bertz CT molecular complexity index is 559. The number of hydrogen-bond donors (Lipinski definition) is 1. The SMILES string of the molecule is CC(C)CC(Cl)c1c(OCCN)noc1-c1ccccc1.Cl. The summed E-state index contributed by atoms with van der Waals surface area (Å²) in [5, 5.41) is 3.81.